The summed E-state index contributed by atoms with van der Waals surface area (Å²) >= 11 is 6.38. The van der Waals surface area contributed by atoms with Crippen molar-refractivity contribution in [2.24, 2.45) is 0 Å². The van der Waals surface area contributed by atoms with Gasteiger partial charge in [-0.05, 0) is 90.7 Å². The monoisotopic (exact) mass is 609 g/mol. The summed E-state index contributed by atoms with van der Waals surface area (Å²) in [6, 6.07) is 25.4. The van der Waals surface area contributed by atoms with Crippen molar-refractivity contribution >= 4 is 52.8 Å². The molecule has 0 unspecified atom stereocenters. The van der Waals surface area contributed by atoms with Crippen LogP contribution in [0.5, 0.6) is 11.5 Å². The van der Waals surface area contributed by atoms with Gasteiger partial charge < -0.3 is 14.8 Å². The Bertz CT molecular complexity index is 1770. The first-order chi connectivity index (χ1) is 21.2. The van der Waals surface area contributed by atoms with Gasteiger partial charge in [0.1, 0.15) is 23.7 Å². The van der Waals surface area contributed by atoms with Gasteiger partial charge in [0.05, 0.1) is 10.7 Å². The fourth-order valence-corrected chi connectivity index (χ4v) is 4.62. The van der Waals surface area contributed by atoms with Gasteiger partial charge in [-0.3, -0.25) is 19.7 Å². The van der Waals surface area contributed by atoms with E-state index in [1.165, 1.54) is 18.2 Å². The predicted octanol–water partition coefficient (Wildman–Crippen LogP) is 6.22. The van der Waals surface area contributed by atoms with E-state index in [9.17, 15) is 19.2 Å². The highest BCUT2D eigenvalue weighted by Crippen LogP contribution is 2.29. The molecule has 1 heterocycles. The number of halogens is 1. The van der Waals surface area contributed by atoms with Gasteiger partial charge in [-0.15, -0.1) is 0 Å². The molecule has 1 aliphatic rings. The third-order valence-electron chi connectivity index (χ3n) is 6.86. The first kappa shape index (κ1) is 30.1. The fraction of sp³-hybridized carbons (Fsp3) is 0.118. The first-order valence-electron chi connectivity index (χ1n) is 13.7. The number of nitrogens with one attached hydrogen (secondary N) is 2. The number of benzene rings is 4. The summed E-state index contributed by atoms with van der Waals surface area (Å²) in [5, 5.41) is 5.14. The van der Waals surface area contributed by atoms with E-state index in [0.29, 0.717) is 23.6 Å². The summed E-state index contributed by atoms with van der Waals surface area (Å²) in [6.45, 7) is 4.03. The zero-order valence-electron chi connectivity index (χ0n) is 23.9. The first-order valence-corrected chi connectivity index (χ1v) is 14.0. The zero-order valence-corrected chi connectivity index (χ0v) is 24.7. The maximum atomic E-state index is 13.3. The fourth-order valence-electron chi connectivity index (χ4n) is 4.37. The average Bonchev–Trinajstić information content (AvgIpc) is 3.00. The van der Waals surface area contributed by atoms with E-state index in [4.69, 9.17) is 21.1 Å². The smallest absolute Gasteiger partial charge is 0.335 e. The van der Waals surface area contributed by atoms with Crippen molar-refractivity contribution in [2.75, 3.05) is 16.8 Å². The van der Waals surface area contributed by atoms with E-state index < -0.39 is 17.8 Å². The van der Waals surface area contributed by atoms with Crippen molar-refractivity contribution in [1.29, 1.82) is 0 Å². The third-order valence-corrected chi connectivity index (χ3v) is 7.16. The molecule has 0 spiro atoms. The Morgan fingerprint density at radius 3 is 2.34 bits per heavy atom. The van der Waals surface area contributed by atoms with Gasteiger partial charge in [0.25, 0.3) is 17.7 Å². The Labute approximate surface area is 259 Å². The summed E-state index contributed by atoms with van der Waals surface area (Å²) in [7, 11) is 0. The largest absolute Gasteiger partial charge is 0.489 e. The summed E-state index contributed by atoms with van der Waals surface area (Å²) in [5.74, 6) is -1.20. The maximum Gasteiger partial charge on any atom is 0.335 e. The second kappa shape index (κ2) is 13.3. The third kappa shape index (κ3) is 7.14. The number of amides is 5. The normalized spacial score (nSPS) is 13.9. The number of carbonyl (C=O) groups is 4. The molecule has 1 fully saturated rings. The van der Waals surface area contributed by atoms with E-state index in [0.717, 1.165) is 21.6 Å². The summed E-state index contributed by atoms with van der Waals surface area (Å²) in [5.41, 5.74) is 4.24. The highest BCUT2D eigenvalue weighted by Gasteiger charge is 2.36. The van der Waals surface area contributed by atoms with Crippen LogP contribution in [0.15, 0.2) is 96.6 Å². The van der Waals surface area contributed by atoms with Crippen molar-refractivity contribution in [2.45, 2.75) is 20.5 Å². The lowest BCUT2D eigenvalue weighted by atomic mass is 10.1. The van der Waals surface area contributed by atoms with Crippen LogP contribution in [0.2, 0.25) is 5.02 Å². The zero-order chi connectivity index (χ0) is 31.2. The van der Waals surface area contributed by atoms with E-state index in [1.54, 1.807) is 30.3 Å². The Morgan fingerprint density at radius 2 is 1.64 bits per heavy atom. The number of hydrogen-bond donors (Lipinski definition) is 2. The second-order valence-corrected chi connectivity index (χ2v) is 10.5. The number of nitrogens with zero attached hydrogens (tertiary/aromatic N) is 1. The van der Waals surface area contributed by atoms with Crippen LogP contribution >= 0.6 is 11.6 Å². The number of rotatable bonds is 9. The molecule has 44 heavy (non-hydrogen) atoms. The minimum atomic E-state index is -0.865. The van der Waals surface area contributed by atoms with Crippen molar-refractivity contribution < 1.29 is 28.7 Å². The summed E-state index contributed by atoms with van der Waals surface area (Å²) in [6.07, 6.45) is 1.33. The van der Waals surface area contributed by atoms with Crippen LogP contribution < -0.4 is 25.0 Å². The molecular formula is C34H28ClN3O6. The Morgan fingerprint density at radius 1 is 0.886 bits per heavy atom. The van der Waals surface area contributed by atoms with E-state index in [-0.39, 0.29) is 34.5 Å². The van der Waals surface area contributed by atoms with Crippen LogP contribution in [0.4, 0.5) is 16.2 Å². The molecule has 0 bridgehead atoms. The van der Waals surface area contributed by atoms with Crippen molar-refractivity contribution in [3.8, 4) is 11.5 Å². The number of barbiturate groups is 1. The molecule has 1 aliphatic heterocycles. The van der Waals surface area contributed by atoms with Gasteiger partial charge in [-0.2, -0.15) is 0 Å². The van der Waals surface area contributed by atoms with Crippen molar-refractivity contribution in [3.63, 3.8) is 0 Å². The quantitative estimate of drug-likeness (QED) is 0.172. The Balaban J connectivity index is 1.24. The van der Waals surface area contributed by atoms with Crippen molar-refractivity contribution in [3.05, 3.63) is 124 Å². The van der Waals surface area contributed by atoms with Gasteiger partial charge in [0.15, 0.2) is 6.61 Å². The van der Waals surface area contributed by atoms with Crippen LogP contribution in [0, 0.1) is 13.8 Å². The Hall–Kier alpha value is -5.41. The van der Waals surface area contributed by atoms with Gasteiger partial charge in [0, 0.05) is 5.69 Å². The molecule has 0 radical (unpaired) electrons. The highest BCUT2D eigenvalue weighted by atomic mass is 35.5. The predicted molar refractivity (Wildman–Crippen MR) is 168 cm³/mol. The number of imide groups is 2. The average molecular weight is 610 g/mol. The maximum absolute atomic E-state index is 13.3. The van der Waals surface area contributed by atoms with E-state index >= 15 is 0 Å². The van der Waals surface area contributed by atoms with Crippen LogP contribution in [0.25, 0.3) is 6.08 Å². The molecule has 10 heteroatoms. The molecule has 0 aromatic heterocycles. The van der Waals surface area contributed by atoms with E-state index in [1.807, 2.05) is 62.4 Å². The Kier molecular flexibility index (Phi) is 9.06. The summed E-state index contributed by atoms with van der Waals surface area (Å²) in [4.78, 5) is 51.8. The molecule has 5 rings (SSSR count). The van der Waals surface area contributed by atoms with Crippen LogP contribution in [-0.2, 0) is 21.0 Å². The van der Waals surface area contributed by atoms with Gasteiger partial charge in [-0.25, -0.2) is 9.69 Å². The highest BCUT2D eigenvalue weighted by molar-refractivity contribution is 6.39. The second-order valence-electron chi connectivity index (χ2n) is 10.1. The number of aryl methyl sites for hydroxylation is 2. The lowest BCUT2D eigenvalue weighted by Crippen LogP contribution is -2.54. The molecule has 4 aromatic carbocycles. The molecule has 9 nitrogen and oxygen atoms in total. The van der Waals surface area contributed by atoms with E-state index in [2.05, 4.69) is 10.6 Å². The molecule has 222 valence electrons. The number of hydrogen-bond acceptors (Lipinski definition) is 6. The number of carbonyl (C=O) groups excluding carboxylic acids is 4. The van der Waals surface area contributed by atoms with Crippen LogP contribution in [0.3, 0.4) is 0 Å². The SMILES string of the molecule is Cc1ccc(NC(=O)COc2ccc(/C=C3/C(=O)NC(=O)N(c4ccc(OCc5ccccc5)cc4)C3=O)cc2Cl)cc1C. The molecule has 2 N–H and O–H groups in total. The molecule has 4 aromatic rings. The lowest BCUT2D eigenvalue weighted by Gasteiger charge is -2.26. The van der Waals surface area contributed by atoms with Gasteiger partial charge in [-0.1, -0.05) is 54.1 Å². The minimum absolute atomic E-state index is 0.168. The lowest BCUT2D eigenvalue weighted by molar-refractivity contribution is -0.122. The van der Waals surface area contributed by atoms with Crippen molar-refractivity contribution in [1.82, 2.24) is 5.32 Å². The molecule has 5 amide bonds. The number of urea groups is 1. The van der Waals surface area contributed by atoms with Crippen LogP contribution in [-0.4, -0.2) is 30.4 Å². The van der Waals surface area contributed by atoms with Gasteiger partial charge in [0.2, 0.25) is 0 Å². The van der Waals surface area contributed by atoms with Crippen LogP contribution in [0.1, 0.15) is 22.3 Å². The summed E-state index contributed by atoms with van der Waals surface area (Å²) < 4.78 is 11.4. The number of anilines is 2. The molecule has 0 saturated carbocycles. The molecule has 0 atom stereocenters. The molecular weight excluding hydrogens is 582 g/mol. The molecule has 1 saturated heterocycles. The van der Waals surface area contributed by atoms with Gasteiger partial charge >= 0.3 is 6.03 Å². The standard InChI is InChI=1S/C34H28ClN3O6/c1-21-8-10-25(16-22(21)2)36-31(39)20-44-30-15-9-24(18-29(30)35)17-28-32(40)37-34(42)38(33(28)41)26-11-13-27(14-12-26)43-19-23-6-4-3-5-7-23/h3-18H,19-20H2,1-2H3,(H,36,39)(H,37,40,42)/b28-17-. The number of ether oxygens (including phenoxy) is 2. The molecule has 0 aliphatic carbocycles. The minimum Gasteiger partial charge on any atom is -0.489 e. The topological polar surface area (TPSA) is 114 Å².